The molecule has 0 aliphatic carbocycles. The van der Waals surface area contributed by atoms with E-state index >= 15 is 0 Å². The zero-order valence-electron chi connectivity index (χ0n) is 19.3. The molecule has 8 heteroatoms. The molecule has 4 amide bonds. The number of imide groups is 1. The second-order valence-electron chi connectivity index (χ2n) is 8.92. The molecule has 2 N–H and O–H groups in total. The Morgan fingerprint density at radius 2 is 1.67 bits per heavy atom. The van der Waals surface area contributed by atoms with Crippen molar-refractivity contribution < 1.29 is 23.9 Å². The lowest BCUT2D eigenvalue weighted by Gasteiger charge is -2.23. The van der Waals surface area contributed by atoms with Gasteiger partial charge in [-0.3, -0.25) is 14.5 Å². The Labute approximate surface area is 193 Å². The summed E-state index contributed by atoms with van der Waals surface area (Å²) >= 11 is 0. The first-order valence-electron chi connectivity index (χ1n) is 11.1. The van der Waals surface area contributed by atoms with Crippen LogP contribution in [0.25, 0.3) is 0 Å². The van der Waals surface area contributed by atoms with Crippen molar-refractivity contribution in [1.82, 2.24) is 15.5 Å². The summed E-state index contributed by atoms with van der Waals surface area (Å²) in [4.78, 5) is 39.4. The normalized spacial score (nSPS) is 20.6. The third-order valence-corrected chi connectivity index (χ3v) is 6.18. The first kappa shape index (κ1) is 22.6. The van der Waals surface area contributed by atoms with E-state index in [1.54, 1.807) is 13.0 Å². The Hall–Kier alpha value is -3.55. The zero-order chi connectivity index (χ0) is 23.8. The van der Waals surface area contributed by atoms with E-state index in [-0.39, 0.29) is 12.6 Å². The van der Waals surface area contributed by atoms with Gasteiger partial charge >= 0.3 is 6.03 Å². The second kappa shape index (κ2) is 8.77. The summed E-state index contributed by atoms with van der Waals surface area (Å²) in [7, 11) is 0. The zero-order valence-corrected chi connectivity index (χ0v) is 19.3. The van der Waals surface area contributed by atoms with Gasteiger partial charge in [0.05, 0.1) is 6.04 Å². The van der Waals surface area contributed by atoms with Crippen LogP contribution in [0.4, 0.5) is 4.79 Å². The predicted molar refractivity (Wildman–Crippen MR) is 122 cm³/mol. The lowest BCUT2D eigenvalue weighted by molar-refractivity contribution is -0.135. The van der Waals surface area contributed by atoms with E-state index in [1.165, 1.54) is 0 Å². The number of ether oxygens (including phenoxy) is 2. The number of hydrogen-bond acceptors (Lipinski definition) is 5. The van der Waals surface area contributed by atoms with Crippen molar-refractivity contribution in [1.29, 1.82) is 0 Å². The van der Waals surface area contributed by atoms with Gasteiger partial charge < -0.3 is 20.1 Å². The van der Waals surface area contributed by atoms with E-state index in [4.69, 9.17) is 9.47 Å². The van der Waals surface area contributed by atoms with Crippen molar-refractivity contribution in [2.75, 3.05) is 19.8 Å². The molecule has 2 aromatic carbocycles. The van der Waals surface area contributed by atoms with E-state index in [2.05, 4.69) is 24.5 Å². The molecule has 0 radical (unpaired) electrons. The standard InChI is InChI=1S/C25H29N3O5/c1-15(2)17-5-8-19(9-6-17)25(4)23(30)28(24(31)27-25)14-22(29)26-16(3)18-7-10-20-21(13-18)33-12-11-32-20/h5-10,13,15-16H,11-12,14H2,1-4H3,(H,26,29)(H,27,31)/t16-,25+/m0/s1. The smallest absolute Gasteiger partial charge is 0.325 e. The van der Waals surface area contributed by atoms with Gasteiger partial charge in [0, 0.05) is 0 Å². The fourth-order valence-electron chi connectivity index (χ4n) is 4.08. The molecule has 2 aromatic rings. The second-order valence-corrected chi connectivity index (χ2v) is 8.92. The minimum atomic E-state index is -1.21. The van der Waals surface area contributed by atoms with Crippen LogP contribution in [0.15, 0.2) is 42.5 Å². The largest absolute Gasteiger partial charge is 0.486 e. The number of carbonyl (C=O) groups is 3. The topological polar surface area (TPSA) is 97.0 Å². The predicted octanol–water partition coefficient (Wildman–Crippen LogP) is 3.23. The van der Waals surface area contributed by atoms with E-state index in [0.29, 0.717) is 36.2 Å². The first-order chi connectivity index (χ1) is 15.7. The number of benzene rings is 2. The Balaban J connectivity index is 1.42. The lowest BCUT2D eigenvalue weighted by atomic mass is 9.90. The summed E-state index contributed by atoms with van der Waals surface area (Å²) in [5.41, 5.74) is 1.44. The molecule has 4 rings (SSSR count). The van der Waals surface area contributed by atoms with Crippen molar-refractivity contribution in [3.63, 3.8) is 0 Å². The summed E-state index contributed by atoms with van der Waals surface area (Å²) in [5, 5.41) is 5.60. The van der Waals surface area contributed by atoms with Crippen molar-refractivity contribution in [2.24, 2.45) is 0 Å². The van der Waals surface area contributed by atoms with Crippen LogP contribution in [0.2, 0.25) is 0 Å². The van der Waals surface area contributed by atoms with Crippen LogP contribution in [-0.2, 0) is 15.1 Å². The van der Waals surface area contributed by atoms with E-state index in [1.807, 2.05) is 43.3 Å². The van der Waals surface area contributed by atoms with Crippen LogP contribution in [0.5, 0.6) is 11.5 Å². The third kappa shape index (κ3) is 4.37. The molecular formula is C25H29N3O5. The molecule has 2 atom stereocenters. The lowest BCUT2D eigenvalue weighted by Crippen LogP contribution is -2.43. The maximum absolute atomic E-state index is 13.1. The first-order valence-corrected chi connectivity index (χ1v) is 11.1. The SMILES string of the molecule is CC(C)c1ccc([C@@]2(C)NC(=O)N(CC(=O)N[C@@H](C)c3ccc4c(c3)OCCO4)C2=O)cc1. The molecule has 0 saturated carbocycles. The molecule has 2 aliphatic heterocycles. The number of fused-ring (bicyclic) bond motifs is 1. The average Bonchev–Trinajstić information content (AvgIpc) is 3.02. The molecule has 174 valence electrons. The highest BCUT2D eigenvalue weighted by atomic mass is 16.6. The summed E-state index contributed by atoms with van der Waals surface area (Å²) in [6.07, 6.45) is 0. The van der Waals surface area contributed by atoms with Gasteiger partial charge in [0.25, 0.3) is 5.91 Å². The number of nitrogens with zero attached hydrogens (tertiary/aromatic N) is 1. The van der Waals surface area contributed by atoms with Gasteiger partial charge in [0.15, 0.2) is 11.5 Å². The van der Waals surface area contributed by atoms with Gasteiger partial charge in [-0.2, -0.15) is 0 Å². The maximum Gasteiger partial charge on any atom is 0.325 e. The van der Waals surface area contributed by atoms with Gasteiger partial charge in [-0.25, -0.2) is 4.79 Å². The molecule has 0 unspecified atom stereocenters. The minimum Gasteiger partial charge on any atom is -0.486 e. The molecule has 0 bridgehead atoms. The molecule has 1 fully saturated rings. The van der Waals surface area contributed by atoms with Crippen LogP contribution in [0, 0.1) is 0 Å². The molecule has 0 spiro atoms. The van der Waals surface area contributed by atoms with Crippen LogP contribution in [-0.4, -0.2) is 42.5 Å². The van der Waals surface area contributed by atoms with Crippen LogP contribution >= 0.6 is 0 Å². The van der Waals surface area contributed by atoms with Crippen LogP contribution in [0.1, 0.15) is 56.3 Å². The van der Waals surface area contributed by atoms with Crippen molar-refractivity contribution in [3.8, 4) is 11.5 Å². The van der Waals surface area contributed by atoms with E-state index < -0.39 is 23.4 Å². The minimum absolute atomic E-state index is 0.343. The number of nitrogens with one attached hydrogen (secondary N) is 2. The average molecular weight is 452 g/mol. The van der Waals surface area contributed by atoms with E-state index in [0.717, 1.165) is 16.0 Å². The molecular weight excluding hydrogens is 422 g/mol. The van der Waals surface area contributed by atoms with Gasteiger partial charge in [-0.1, -0.05) is 44.2 Å². The molecule has 8 nitrogen and oxygen atoms in total. The van der Waals surface area contributed by atoms with Crippen molar-refractivity contribution in [2.45, 2.75) is 45.2 Å². The number of urea groups is 1. The fraction of sp³-hybridized carbons (Fsp3) is 0.400. The Kier molecular flexibility index (Phi) is 6.01. The summed E-state index contributed by atoms with van der Waals surface area (Å²) in [6.45, 7) is 8.28. The maximum atomic E-state index is 13.1. The molecule has 33 heavy (non-hydrogen) atoms. The molecule has 0 aromatic heterocycles. The number of amides is 4. The quantitative estimate of drug-likeness (QED) is 0.658. The number of rotatable bonds is 6. The van der Waals surface area contributed by atoms with Crippen molar-refractivity contribution in [3.05, 3.63) is 59.2 Å². The Morgan fingerprint density at radius 1 is 1.03 bits per heavy atom. The van der Waals surface area contributed by atoms with Gasteiger partial charge in [-0.05, 0) is 48.6 Å². The number of hydrogen-bond donors (Lipinski definition) is 2. The van der Waals surface area contributed by atoms with Gasteiger partial charge in [0.1, 0.15) is 25.3 Å². The monoisotopic (exact) mass is 451 g/mol. The highest BCUT2D eigenvalue weighted by Crippen LogP contribution is 2.33. The van der Waals surface area contributed by atoms with Crippen molar-refractivity contribution >= 4 is 17.8 Å². The highest BCUT2D eigenvalue weighted by molar-refractivity contribution is 6.09. The van der Waals surface area contributed by atoms with Gasteiger partial charge in [0.2, 0.25) is 5.91 Å². The molecule has 2 aliphatic rings. The third-order valence-electron chi connectivity index (χ3n) is 6.18. The number of carbonyl (C=O) groups excluding carboxylic acids is 3. The highest BCUT2D eigenvalue weighted by Gasteiger charge is 2.49. The fourth-order valence-corrected chi connectivity index (χ4v) is 4.08. The Morgan fingerprint density at radius 3 is 2.33 bits per heavy atom. The van der Waals surface area contributed by atoms with Gasteiger partial charge in [-0.15, -0.1) is 0 Å². The molecule has 1 saturated heterocycles. The van der Waals surface area contributed by atoms with Crippen LogP contribution < -0.4 is 20.1 Å². The molecule has 2 heterocycles. The van der Waals surface area contributed by atoms with E-state index in [9.17, 15) is 14.4 Å². The van der Waals surface area contributed by atoms with Crippen LogP contribution in [0.3, 0.4) is 0 Å². The summed E-state index contributed by atoms with van der Waals surface area (Å²) in [6, 6.07) is 12.2. The Bertz CT molecular complexity index is 1080. The summed E-state index contributed by atoms with van der Waals surface area (Å²) in [5.74, 6) is 0.779. The summed E-state index contributed by atoms with van der Waals surface area (Å²) < 4.78 is 11.1.